The average molecular weight is 266 g/mol. The van der Waals surface area contributed by atoms with Crippen molar-refractivity contribution >= 4 is 17.2 Å². The van der Waals surface area contributed by atoms with E-state index in [4.69, 9.17) is 0 Å². The van der Waals surface area contributed by atoms with E-state index in [1.165, 1.54) is 4.88 Å². The Labute approximate surface area is 113 Å². The molecule has 2 rings (SSSR count). The van der Waals surface area contributed by atoms with Gasteiger partial charge >= 0.3 is 0 Å². The van der Waals surface area contributed by atoms with Crippen molar-refractivity contribution in [2.75, 3.05) is 13.1 Å². The highest BCUT2D eigenvalue weighted by Gasteiger charge is 2.25. The van der Waals surface area contributed by atoms with Crippen molar-refractivity contribution in [3.05, 3.63) is 22.4 Å². The van der Waals surface area contributed by atoms with Gasteiger partial charge in [-0.05, 0) is 37.6 Å². The molecule has 0 saturated carbocycles. The summed E-state index contributed by atoms with van der Waals surface area (Å²) in [6.07, 6.45) is 3.32. The molecular weight excluding hydrogens is 244 g/mol. The highest BCUT2D eigenvalue weighted by atomic mass is 32.1. The number of nitrogens with zero attached hydrogens (tertiary/aromatic N) is 1. The Hall–Kier alpha value is -0.870. The first-order chi connectivity index (χ1) is 8.72. The average Bonchev–Trinajstić information content (AvgIpc) is 3.06. The molecule has 2 unspecified atom stereocenters. The number of hydrogen-bond acceptors (Lipinski definition) is 3. The van der Waals surface area contributed by atoms with Gasteiger partial charge < -0.3 is 4.90 Å². The maximum absolute atomic E-state index is 12.2. The van der Waals surface area contributed by atoms with Gasteiger partial charge in [0.1, 0.15) is 0 Å². The molecule has 0 radical (unpaired) electrons. The molecule has 0 spiro atoms. The first kappa shape index (κ1) is 13.6. The van der Waals surface area contributed by atoms with Crippen molar-refractivity contribution in [2.24, 2.45) is 0 Å². The third-order valence-corrected chi connectivity index (χ3v) is 4.52. The molecule has 0 bridgehead atoms. The number of amides is 1. The number of thiophene rings is 1. The van der Waals surface area contributed by atoms with Crippen LogP contribution in [0.15, 0.2) is 17.5 Å². The van der Waals surface area contributed by atoms with Crippen LogP contribution in [0.5, 0.6) is 0 Å². The molecule has 1 aliphatic heterocycles. The topological polar surface area (TPSA) is 32.3 Å². The molecule has 100 valence electrons. The Kier molecular flexibility index (Phi) is 4.78. The molecule has 1 amide bonds. The third kappa shape index (κ3) is 3.12. The van der Waals surface area contributed by atoms with E-state index in [1.54, 1.807) is 11.3 Å². The van der Waals surface area contributed by atoms with E-state index >= 15 is 0 Å². The van der Waals surface area contributed by atoms with Crippen LogP contribution in [0.2, 0.25) is 0 Å². The van der Waals surface area contributed by atoms with Crippen LogP contribution < -0.4 is 5.32 Å². The molecule has 0 aromatic carbocycles. The van der Waals surface area contributed by atoms with Gasteiger partial charge in [0.15, 0.2) is 0 Å². The van der Waals surface area contributed by atoms with Gasteiger partial charge in [-0.2, -0.15) is 0 Å². The minimum absolute atomic E-state index is 0.0878. The maximum atomic E-state index is 12.2. The van der Waals surface area contributed by atoms with Crippen LogP contribution in [0.1, 0.15) is 44.0 Å². The summed E-state index contributed by atoms with van der Waals surface area (Å²) in [6.45, 7) is 6.00. The predicted molar refractivity (Wildman–Crippen MR) is 75.8 cm³/mol. The standard InChI is InChI=1S/C14H22N2OS/c1-3-12(13-7-6-10-18-13)15-11(2)14(17)16-8-4-5-9-16/h6-7,10-12,15H,3-5,8-9H2,1-2H3. The van der Waals surface area contributed by atoms with Crippen molar-refractivity contribution in [1.29, 1.82) is 0 Å². The molecule has 1 aromatic rings. The van der Waals surface area contributed by atoms with Crippen LogP contribution in [0.3, 0.4) is 0 Å². The summed E-state index contributed by atoms with van der Waals surface area (Å²) in [6, 6.07) is 4.41. The predicted octanol–water partition coefficient (Wildman–Crippen LogP) is 2.80. The summed E-state index contributed by atoms with van der Waals surface area (Å²) in [4.78, 5) is 15.5. The number of nitrogens with one attached hydrogen (secondary N) is 1. The second kappa shape index (κ2) is 6.34. The van der Waals surface area contributed by atoms with Crippen LogP contribution in [0.25, 0.3) is 0 Å². The molecule has 2 atom stereocenters. The zero-order valence-corrected chi connectivity index (χ0v) is 12.0. The number of likely N-dealkylation sites (tertiary alicyclic amines) is 1. The molecule has 2 heterocycles. The molecule has 3 nitrogen and oxygen atoms in total. The summed E-state index contributed by atoms with van der Waals surface area (Å²) < 4.78 is 0. The smallest absolute Gasteiger partial charge is 0.239 e. The lowest BCUT2D eigenvalue weighted by molar-refractivity contribution is -0.132. The Morgan fingerprint density at radius 1 is 1.50 bits per heavy atom. The summed E-state index contributed by atoms with van der Waals surface area (Å²) in [5.74, 6) is 0.252. The molecule has 1 aromatic heterocycles. The van der Waals surface area contributed by atoms with Gasteiger partial charge in [-0.25, -0.2) is 0 Å². The second-order valence-electron chi connectivity index (χ2n) is 4.90. The van der Waals surface area contributed by atoms with Gasteiger partial charge in [0.2, 0.25) is 5.91 Å². The van der Waals surface area contributed by atoms with Crippen LogP contribution >= 0.6 is 11.3 Å². The van der Waals surface area contributed by atoms with E-state index in [0.717, 1.165) is 32.4 Å². The second-order valence-corrected chi connectivity index (χ2v) is 5.88. The third-order valence-electron chi connectivity index (χ3n) is 3.53. The maximum Gasteiger partial charge on any atom is 0.239 e. The van der Waals surface area contributed by atoms with Crippen molar-refractivity contribution in [2.45, 2.75) is 45.2 Å². The van der Waals surface area contributed by atoms with E-state index in [0.29, 0.717) is 6.04 Å². The van der Waals surface area contributed by atoms with Crippen molar-refractivity contribution in [1.82, 2.24) is 10.2 Å². The van der Waals surface area contributed by atoms with E-state index in [9.17, 15) is 4.79 Å². The molecule has 0 aliphatic carbocycles. The molecule has 1 N–H and O–H groups in total. The van der Waals surface area contributed by atoms with Crippen LogP contribution in [0.4, 0.5) is 0 Å². The van der Waals surface area contributed by atoms with E-state index < -0.39 is 0 Å². The largest absolute Gasteiger partial charge is 0.341 e. The minimum Gasteiger partial charge on any atom is -0.341 e. The quantitative estimate of drug-likeness (QED) is 0.889. The van der Waals surface area contributed by atoms with Gasteiger partial charge in [-0.15, -0.1) is 11.3 Å². The molecular formula is C14H22N2OS. The van der Waals surface area contributed by atoms with Crippen molar-refractivity contribution in [3.8, 4) is 0 Å². The summed E-state index contributed by atoms with van der Waals surface area (Å²) >= 11 is 1.75. The summed E-state index contributed by atoms with van der Waals surface area (Å²) in [5, 5.41) is 5.55. The zero-order chi connectivity index (χ0) is 13.0. The Morgan fingerprint density at radius 3 is 2.78 bits per heavy atom. The molecule has 1 saturated heterocycles. The zero-order valence-electron chi connectivity index (χ0n) is 11.2. The minimum atomic E-state index is -0.0878. The van der Waals surface area contributed by atoms with Crippen molar-refractivity contribution in [3.63, 3.8) is 0 Å². The summed E-state index contributed by atoms with van der Waals surface area (Å²) in [7, 11) is 0. The Bertz CT molecular complexity index is 371. The Balaban J connectivity index is 1.92. The number of hydrogen-bond donors (Lipinski definition) is 1. The van der Waals surface area contributed by atoms with Gasteiger partial charge in [-0.1, -0.05) is 13.0 Å². The van der Waals surface area contributed by atoms with E-state index in [1.807, 2.05) is 11.8 Å². The highest BCUT2D eigenvalue weighted by molar-refractivity contribution is 7.10. The van der Waals surface area contributed by atoms with Gasteiger partial charge in [-0.3, -0.25) is 10.1 Å². The first-order valence-electron chi connectivity index (χ1n) is 6.80. The fraction of sp³-hybridized carbons (Fsp3) is 0.643. The van der Waals surface area contributed by atoms with Gasteiger partial charge in [0.25, 0.3) is 0 Å². The van der Waals surface area contributed by atoms with Crippen molar-refractivity contribution < 1.29 is 4.79 Å². The molecule has 4 heteroatoms. The number of rotatable bonds is 5. The fourth-order valence-electron chi connectivity index (χ4n) is 2.48. The van der Waals surface area contributed by atoms with E-state index in [-0.39, 0.29) is 11.9 Å². The summed E-state index contributed by atoms with van der Waals surface area (Å²) in [5.41, 5.74) is 0. The molecule has 1 aliphatic rings. The first-order valence-corrected chi connectivity index (χ1v) is 7.68. The molecule has 1 fully saturated rings. The number of carbonyl (C=O) groups is 1. The normalized spacial score (nSPS) is 18.9. The highest BCUT2D eigenvalue weighted by Crippen LogP contribution is 2.22. The van der Waals surface area contributed by atoms with Crippen LogP contribution in [0, 0.1) is 0 Å². The lowest BCUT2D eigenvalue weighted by Crippen LogP contribution is -2.44. The Morgan fingerprint density at radius 2 is 2.22 bits per heavy atom. The van der Waals surface area contributed by atoms with Crippen LogP contribution in [-0.4, -0.2) is 29.9 Å². The molecule has 18 heavy (non-hydrogen) atoms. The van der Waals surface area contributed by atoms with E-state index in [2.05, 4.69) is 29.8 Å². The van der Waals surface area contributed by atoms with Gasteiger partial charge in [0.05, 0.1) is 6.04 Å². The SMILES string of the molecule is CCC(NC(C)C(=O)N1CCCC1)c1cccs1. The number of carbonyl (C=O) groups excluding carboxylic acids is 1. The lowest BCUT2D eigenvalue weighted by Gasteiger charge is -2.25. The lowest BCUT2D eigenvalue weighted by atomic mass is 10.1. The van der Waals surface area contributed by atoms with Crippen LogP contribution in [-0.2, 0) is 4.79 Å². The van der Waals surface area contributed by atoms with Gasteiger partial charge in [0, 0.05) is 24.0 Å². The monoisotopic (exact) mass is 266 g/mol. The fourth-order valence-corrected chi connectivity index (χ4v) is 3.35.